The van der Waals surface area contributed by atoms with Gasteiger partial charge in [0.2, 0.25) is 5.91 Å². The first kappa shape index (κ1) is 16.3. The molecule has 1 fully saturated rings. The maximum absolute atomic E-state index is 12.4. The summed E-state index contributed by atoms with van der Waals surface area (Å²) in [5.74, 6) is -0.0299. The highest BCUT2D eigenvalue weighted by atomic mass is 16.3. The van der Waals surface area contributed by atoms with E-state index in [2.05, 4.69) is 29.6 Å². The Labute approximate surface area is 152 Å². The molecule has 0 bridgehead atoms. The zero-order valence-corrected chi connectivity index (χ0v) is 14.5. The molecular formula is C22H20N2O2. The van der Waals surface area contributed by atoms with Gasteiger partial charge in [-0.05, 0) is 28.8 Å². The second-order valence-corrected chi connectivity index (χ2v) is 6.99. The molecule has 0 radical (unpaired) electrons. The minimum absolute atomic E-state index is 0.0804. The summed E-state index contributed by atoms with van der Waals surface area (Å²) in [6, 6.07) is 21.3. The highest BCUT2D eigenvalue weighted by Gasteiger charge is 2.55. The molecule has 2 atom stereocenters. The predicted molar refractivity (Wildman–Crippen MR) is 103 cm³/mol. The van der Waals surface area contributed by atoms with E-state index < -0.39 is 0 Å². The maximum Gasteiger partial charge on any atom is 0.244 e. The molecule has 26 heavy (non-hydrogen) atoms. The summed E-state index contributed by atoms with van der Waals surface area (Å²) in [7, 11) is 0. The van der Waals surface area contributed by atoms with E-state index >= 15 is 0 Å². The van der Waals surface area contributed by atoms with Crippen molar-refractivity contribution in [2.75, 3.05) is 0 Å². The molecule has 0 saturated heterocycles. The summed E-state index contributed by atoms with van der Waals surface area (Å²) >= 11 is 0. The number of phenols is 1. The number of nitrogens with zero attached hydrogens (tertiary/aromatic N) is 1. The monoisotopic (exact) mass is 344 g/mol. The fraction of sp³-hybridized carbons (Fsp3) is 0.182. The van der Waals surface area contributed by atoms with Crippen LogP contribution in [0.4, 0.5) is 0 Å². The van der Waals surface area contributed by atoms with Crippen molar-refractivity contribution in [3.8, 4) is 5.75 Å². The van der Waals surface area contributed by atoms with Gasteiger partial charge in [0.1, 0.15) is 5.75 Å². The quantitative estimate of drug-likeness (QED) is 0.556. The van der Waals surface area contributed by atoms with Crippen molar-refractivity contribution in [2.24, 2.45) is 11.0 Å². The smallest absolute Gasteiger partial charge is 0.244 e. The van der Waals surface area contributed by atoms with Gasteiger partial charge in [0.05, 0.1) is 12.1 Å². The van der Waals surface area contributed by atoms with Crippen LogP contribution in [-0.2, 0) is 10.2 Å². The number of hydrazone groups is 1. The molecule has 3 aromatic rings. The van der Waals surface area contributed by atoms with E-state index in [-0.39, 0.29) is 23.0 Å². The summed E-state index contributed by atoms with van der Waals surface area (Å²) in [6.45, 7) is 2.10. The number of fused-ring (bicyclic) bond motifs is 1. The summed E-state index contributed by atoms with van der Waals surface area (Å²) < 4.78 is 0. The molecule has 1 aliphatic rings. The minimum Gasteiger partial charge on any atom is -0.507 e. The van der Waals surface area contributed by atoms with Gasteiger partial charge in [-0.15, -0.1) is 0 Å². The second kappa shape index (κ2) is 6.30. The van der Waals surface area contributed by atoms with E-state index in [1.54, 1.807) is 6.07 Å². The number of carbonyl (C=O) groups is 1. The summed E-state index contributed by atoms with van der Waals surface area (Å²) in [5.41, 5.74) is 4.29. The Morgan fingerprint density at radius 3 is 2.65 bits per heavy atom. The first-order valence-corrected chi connectivity index (χ1v) is 8.69. The maximum atomic E-state index is 12.4. The molecule has 0 heterocycles. The summed E-state index contributed by atoms with van der Waals surface area (Å²) in [5, 5.41) is 16.1. The topological polar surface area (TPSA) is 61.7 Å². The molecule has 0 spiro atoms. The van der Waals surface area contributed by atoms with Crippen LogP contribution in [0.3, 0.4) is 0 Å². The van der Waals surface area contributed by atoms with Crippen molar-refractivity contribution < 1.29 is 9.90 Å². The molecule has 0 aromatic heterocycles. The number of phenolic OH excluding ortho intramolecular Hbond substituents is 1. The molecule has 4 rings (SSSR count). The Balaban J connectivity index is 1.49. The van der Waals surface area contributed by atoms with Crippen molar-refractivity contribution in [2.45, 2.75) is 18.8 Å². The Bertz CT molecular complexity index is 997. The number of benzene rings is 3. The van der Waals surface area contributed by atoms with Gasteiger partial charge in [0.25, 0.3) is 0 Å². The van der Waals surface area contributed by atoms with Crippen molar-refractivity contribution in [1.29, 1.82) is 0 Å². The number of carbonyl (C=O) groups excluding carboxylic acids is 1. The van der Waals surface area contributed by atoms with E-state index in [0.29, 0.717) is 5.56 Å². The van der Waals surface area contributed by atoms with Gasteiger partial charge in [-0.2, -0.15) is 5.10 Å². The van der Waals surface area contributed by atoms with E-state index in [0.717, 1.165) is 17.2 Å². The highest BCUT2D eigenvalue weighted by Crippen LogP contribution is 2.53. The summed E-state index contributed by atoms with van der Waals surface area (Å²) in [4.78, 5) is 12.4. The lowest BCUT2D eigenvalue weighted by Crippen LogP contribution is -2.23. The zero-order valence-electron chi connectivity index (χ0n) is 14.5. The molecule has 4 nitrogen and oxygen atoms in total. The molecule has 1 amide bonds. The Morgan fingerprint density at radius 2 is 1.85 bits per heavy atom. The number of hydrogen-bond donors (Lipinski definition) is 2. The van der Waals surface area contributed by atoms with Crippen LogP contribution < -0.4 is 5.43 Å². The van der Waals surface area contributed by atoms with Crippen LogP contribution in [0.5, 0.6) is 5.75 Å². The standard InChI is InChI=1S/C22H20N2O2/c1-22(16-8-3-2-4-9-16)13-19(22)21(26)24-23-14-18-17-10-6-5-7-15(17)11-12-20(18)25/h2-12,14,19,25H,13H2,1H3,(H,24,26)/t19-,22+/m1/s1. The first-order valence-electron chi connectivity index (χ1n) is 8.69. The van der Waals surface area contributed by atoms with Crippen LogP contribution in [0, 0.1) is 5.92 Å². The van der Waals surface area contributed by atoms with E-state index in [1.807, 2.05) is 48.5 Å². The molecule has 2 N–H and O–H groups in total. The molecule has 1 aliphatic carbocycles. The van der Waals surface area contributed by atoms with E-state index in [4.69, 9.17) is 0 Å². The lowest BCUT2D eigenvalue weighted by atomic mass is 9.95. The minimum atomic E-state index is -0.123. The second-order valence-electron chi connectivity index (χ2n) is 6.99. The van der Waals surface area contributed by atoms with Crippen LogP contribution in [0.15, 0.2) is 71.8 Å². The van der Waals surface area contributed by atoms with Crippen LogP contribution in [0.2, 0.25) is 0 Å². The van der Waals surface area contributed by atoms with Crippen LogP contribution >= 0.6 is 0 Å². The third kappa shape index (κ3) is 2.84. The van der Waals surface area contributed by atoms with Gasteiger partial charge in [0, 0.05) is 11.0 Å². The summed E-state index contributed by atoms with van der Waals surface area (Å²) in [6.07, 6.45) is 2.33. The van der Waals surface area contributed by atoms with Gasteiger partial charge in [-0.1, -0.05) is 67.6 Å². The third-order valence-electron chi connectivity index (χ3n) is 5.30. The number of aromatic hydroxyl groups is 1. The molecule has 130 valence electrons. The van der Waals surface area contributed by atoms with Crippen molar-refractivity contribution in [3.05, 3.63) is 77.9 Å². The van der Waals surface area contributed by atoms with Crippen molar-refractivity contribution >= 4 is 22.9 Å². The highest BCUT2D eigenvalue weighted by molar-refractivity contribution is 6.02. The molecule has 0 aliphatic heterocycles. The largest absolute Gasteiger partial charge is 0.507 e. The van der Waals surface area contributed by atoms with Gasteiger partial charge >= 0.3 is 0 Å². The fourth-order valence-corrected chi connectivity index (χ4v) is 3.54. The Kier molecular flexibility index (Phi) is 3.96. The lowest BCUT2D eigenvalue weighted by Gasteiger charge is -2.10. The predicted octanol–water partition coefficient (Wildman–Crippen LogP) is 3.97. The van der Waals surface area contributed by atoms with Gasteiger partial charge in [-0.25, -0.2) is 5.43 Å². The van der Waals surface area contributed by atoms with Crippen LogP contribution in [0.1, 0.15) is 24.5 Å². The number of rotatable bonds is 4. The number of nitrogens with one attached hydrogen (secondary N) is 1. The Morgan fingerprint density at radius 1 is 1.12 bits per heavy atom. The number of amides is 1. The first-order chi connectivity index (χ1) is 12.6. The van der Waals surface area contributed by atoms with E-state index in [1.165, 1.54) is 11.8 Å². The molecule has 0 unspecified atom stereocenters. The zero-order chi connectivity index (χ0) is 18.1. The average Bonchev–Trinajstić information content (AvgIpc) is 3.37. The SMILES string of the molecule is C[C@@]1(c2ccccc2)C[C@@H]1C(=O)NN=Cc1c(O)ccc2ccccc12. The van der Waals surface area contributed by atoms with E-state index in [9.17, 15) is 9.90 Å². The number of hydrogen-bond acceptors (Lipinski definition) is 3. The fourth-order valence-electron chi connectivity index (χ4n) is 3.54. The molecule has 1 saturated carbocycles. The normalized spacial score (nSPS) is 21.8. The third-order valence-corrected chi connectivity index (χ3v) is 5.30. The Hall–Kier alpha value is -3.14. The average molecular weight is 344 g/mol. The molecule has 4 heteroatoms. The van der Waals surface area contributed by atoms with Gasteiger partial charge < -0.3 is 5.11 Å². The van der Waals surface area contributed by atoms with Gasteiger partial charge in [0.15, 0.2) is 0 Å². The van der Waals surface area contributed by atoms with Crippen LogP contribution in [-0.4, -0.2) is 17.2 Å². The lowest BCUT2D eigenvalue weighted by molar-refractivity contribution is -0.122. The van der Waals surface area contributed by atoms with Gasteiger partial charge in [-0.3, -0.25) is 4.79 Å². The van der Waals surface area contributed by atoms with Crippen molar-refractivity contribution in [3.63, 3.8) is 0 Å². The molecule has 3 aromatic carbocycles. The molecular weight excluding hydrogens is 324 g/mol. The van der Waals surface area contributed by atoms with Crippen molar-refractivity contribution in [1.82, 2.24) is 5.43 Å². The van der Waals surface area contributed by atoms with Crippen LogP contribution in [0.25, 0.3) is 10.8 Å².